The van der Waals surface area contributed by atoms with Crippen molar-refractivity contribution in [2.45, 2.75) is 46.1 Å². The minimum absolute atomic E-state index is 0.236. The standard InChI is InChI=1S/C16H24O3/c1-9-5-6-12(7-11(3)16(18)19-4)14-10(2)8-13(17)15(9)14/h7,9,12-13,15,17H,5-6,8H2,1-4H3/b11-7+/t9?,12-,13?,15?/m0/s1. The summed E-state index contributed by atoms with van der Waals surface area (Å²) in [5.41, 5.74) is 3.35. The van der Waals surface area contributed by atoms with Crippen LogP contribution in [0.15, 0.2) is 22.8 Å². The van der Waals surface area contributed by atoms with Gasteiger partial charge in [-0.25, -0.2) is 4.79 Å². The zero-order valence-corrected chi connectivity index (χ0v) is 12.3. The average Bonchev–Trinajstić information content (AvgIpc) is 2.68. The molecule has 1 N–H and O–H groups in total. The molecule has 0 spiro atoms. The summed E-state index contributed by atoms with van der Waals surface area (Å²) in [6.07, 6.45) is 4.74. The van der Waals surface area contributed by atoms with E-state index < -0.39 is 0 Å². The molecule has 0 radical (unpaired) electrons. The van der Waals surface area contributed by atoms with Crippen LogP contribution in [0.1, 0.15) is 40.0 Å². The molecule has 3 unspecified atom stereocenters. The quantitative estimate of drug-likeness (QED) is 0.474. The topological polar surface area (TPSA) is 46.5 Å². The number of hydrogen-bond acceptors (Lipinski definition) is 3. The fraction of sp³-hybridized carbons (Fsp3) is 0.688. The number of hydrogen-bond donors (Lipinski definition) is 1. The Morgan fingerprint density at radius 2 is 2.11 bits per heavy atom. The Bertz CT molecular complexity index is 433. The highest BCUT2D eigenvalue weighted by Gasteiger charge is 2.41. The lowest BCUT2D eigenvalue weighted by molar-refractivity contribution is -0.136. The van der Waals surface area contributed by atoms with Gasteiger partial charge in [0.2, 0.25) is 0 Å². The second-order valence-corrected chi connectivity index (χ2v) is 6.04. The van der Waals surface area contributed by atoms with Crippen molar-refractivity contribution in [2.75, 3.05) is 7.11 Å². The molecular formula is C16H24O3. The third-order valence-corrected chi connectivity index (χ3v) is 4.69. The normalized spacial score (nSPS) is 35.3. The van der Waals surface area contributed by atoms with Crippen LogP contribution in [-0.4, -0.2) is 24.3 Å². The Hall–Kier alpha value is -1.09. The van der Waals surface area contributed by atoms with E-state index in [2.05, 4.69) is 13.8 Å². The van der Waals surface area contributed by atoms with Gasteiger partial charge in [0.15, 0.2) is 0 Å². The van der Waals surface area contributed by atoms with Gasteiger partial charge in [-0.05, 0) is 44.9 Å². The van der Waals surface area contributed by atoms with E-state index in [1.54, 1.807) is 6.92 Å². The summed E-state index contributed by atoms with van der Waals surface area (Å²) < 4.78 is 4.76. The number of aliphatic hydroxyl groups is 1. The maximum absolute atomic E-state index is 11.5. The van der Waals surface area contributed by atoms with E-state index in [-0.39, 0.29) is 23.9 Å². The fourth-order valence-corrected chi connectivity index (χ4v) is 3.78. The average molecular weight is 264 g/mol. The summed E-state index contributed by atoms with van der Waals surface area (Å²) in [5.74, 6) is 0.843. The number of carbonyl (C=O) groups excluding carboxylic acids is 1. The van der Waals surface area contributed by atoms with Crippen molar-refractivity contribution in [1.29, 1.82) is 0 Å². The lowest BCUT2D eigenvalue weighted by Gasteiger charge is -2.35. The third-order valence-electron chi connectivity index (χ3n) is 4.69. The van der Waals surface area contributed by atoms with Gasteiger partial charge in [0, 0.05) is 11.5 Å². The van der Waals surface area contributed by atoms with Crippen LogP contribution < -0.4 is 0 Å². The van der Waals surface area contributed by atoms with Gasteiger partial charge >= 0.3 is 5.97 Å². The van der Waals surface area contributed by atoms with E-state index in [1.807, 2.05) is 6.08 Å². The molecule has 3 nitrogen and oxygen atoms in total. The highest BCUT2D eigenvalue weighted by Crippen LogP contribution is 2.48. The number of allylic oxidation sites excluding steroid dienone is 1. The smallest absolute Gasteiger partial charge is 0.333 e. The summed E-state index contributed by atoms with van der Waals surface area (Å²) in [6, 6.07) is 0. The molecule has 1 fully saturated rings. The summed E-state index contributed by atoms with van der Waals surface area (Å²) >= 11 is 0. The van der Waals surface area contributed by atoms with Crippen LogP contribution in [0.5, 0.6) is 0 Å². The van der Waals surface area contributed by atoms with Gasteiger partial charge in [-0.1, -0.05) is 24.1 Å². The zero-order chi connectivity index (χ0) is 14.2. The molecule has 2 aliphatic carbocycles. The summed E-state index contributed by atoms with van der Waals surface area (Å²) in [5, 5.41) is 10.2. The van der Waals surface area contributed by atoms with Crippen LogP contribution in [0.2, 0.25) is 0 Å². The number of esters is 1. The van der Waals surface area contributed by atoms with Gasteiger partial charge in [-0.2, -0.15) is 0 Å². The van der Waals surface area contributed by atoms with E-state index in [1.165, 1.54) is 18.3 Å². The lowest BCUT2D eigenvalue weighted by atomic mass is 9.70. The van der Waals surface area contributed by atoms with Crippen LogP contribution >= 0.6 is 0 Å². The molecule has 3 heteroatoms. The van der Waals surface area contributed by atoms with Crippen molar-refractivity contribution in [3.8, 4) is 0 Å². The Kier molecular flexibility index (Phi) is 4.14. The van der Waals surface area contributed by atoms with Gasteiger partial charge in [0.1, 0.15) is 0 Å². The molecule has 0 heterocycles. The molecule has 2 aliphatic rings. The predicted molar refractivity (Wildman–Crippen MR) is 74.5 cm³/mol. The van der Waals surface area contributed by atoms with Crippen molar-refractivity contribution < 1.29 is 14.6 Å². The van der Waals surface area contributed by atoms with Crippen LogP contribution in [0.3, 0.4) is 0 Å². The van der Waals surface area contributed by atoms with Gasteiger partial charge in [0.05, 0.1) is 13.2 Å². The first kappa shape index (κ1) is 14.3. The largest absolute Gasteiger partial charge is 0.466 e. The molecular weight excluding hydrogens is 240 g/mol. The Labute approximate surface area is 115 Å². The zero-order valence-electron chi connectivity index (χ0n) is 12.3. The maximum Gasteiger partial charge on any atom is 0.333 e. The fourth-order valence-electron chi connectivity index (χ4n) is 3.78. The SMILES string of the molecule is COC(=O)/C(C)=C/[C@@H]1CCC(C)C2C1=C(C)CC2O. The third kappa shape index (κ3) is 2.62. The van der Waals surface area contributed by atoms with Crippen molar-refractivity contribution in [3.05, 3.63) is 22.8 Å². The van der Waals surface area contributed by atoms with Gasteiger partial charge < -0.3 is 9.84 Å². The predicted octanol–water partition coefficient (Wildman–Crippen LogP) is 2.85. The summed E-state index contributed by atoms with van der Waals surface area (Å²) in [7, 11) is 1.41. The Morgan fingerprint density at radius 1 is 1.42 bits per heavy atom. The number of carbonyl (C=O) groups is 1. The van der Waals surface area contributed by atoms with Crippen LogP contribution in [-0.2, 0) is 9.53 Å². The highest BCUT2D eigenvalue weighted by atomic mass is 16.5. The number of methoxy groups -OCH3 is 1. The van der Waals surface area contributed by atoms with Crippen LogP contribution in [0, 0.1) is 17.8 Å². The van der Waals surface area contributed by atoms with E-state index in [0.717, 1.165) is 19.3 Å². The molecule has 0 bridgehead atoms. The number of aliphatic hydroxyl groups excluding tert-OH is 1. The van der Waals surface area contributed by atoms with Gasteiger partial charge in [-0.15, -0.1) is 0 Å². The van der Waals surface area contributed by atoms with Crippen molar-refractivity contribution in [2.24, 2.45) is 17.8 Å². The molecule has 0 amide bonds. The molecule has 2 rings (SSSR count). The summed E-state index contributed by atoms with van der Waals surface area (Å²) in [4.78, 5) is 11.5. The second kappa shape index (κ2) is 5.49. The monoisotopic (exact) mass is 264 g/mol. The van der Waals surface area contributed by atoms with Crippen LogP contribution in [0.25, 0.3) is 0 Å². The molecule has 0 aliphatic heterocycles. The molecule has 1 saturated carbocycles. The van der Waals surface area contributed by atoms with E-state index in [9.17, 15) is 9.90 Å². The van der Waals surface area contributed by atoms with Crippen molar-refractivity contribution >= 4 is 5.97 Å². The Morgan fingerprint density at radius 3 is 2.74 bits per heavy atom. The molecule has 4 atom stereocenters. The maximum atomic E-state index is 11.5. The highest BCUT2D eigenvalue weighted by molar-refractivity contribution is 5.87. The lowest BCUT2D eigenvalue weighted by Crippen LogP contribution is -2.30. The molecule has 0 aromatic rings. The minimum atomic E-state index is -0.257. The first-order valence-electron chi connectivity index (χ1n) is 7.10. The van der Waals surface area contributed by atoms with Gasteiger partial charge in [0.25, 0.3) is 0 Å². The first-order valence-corrected chi connectivity index (χ1v) is 7.10. The minimum Gasteiger partial charge on any atom is -0.466 e. The molecule has 106 valence electrons. The number of fused-ring (bicyclic) bond motifs is 1. The Balaban J connectivity index is 2.28. The first-order chi connectivity index (χ1) is 8.95. The second-order valence-electron chi connectivity index (χ2n) is 6.04. The number of ether oxygens (including phenoxy) is 1. The van der Waals surface area contributed by atoms with Crippen LogP contribution in [0.4, 0.5) is 0 Å². The van der Waals surface area contributed by atoms with Crippen molar-refractivity contribution in [3.63, 3.8) is 0 Å². The van der Waals surface area contributed by atoms with Gasteiger partial charge in [-0.3, -0.25) is 0 Å². The van der Waals surface area contributed by atoms with Crippen molar-refractivity contribution in [1.82, 2.24) is 0 Å². The van der Waals surface area contributed by atoms with E-state index in [0.29, 0.717) is 11.5 Å². The molecule has 0 saturated heterocycles. The molecule has 0 aromatic carbocycles. The molecule has 19 heavy (non-hydrogen) atoms. The summed E-state index contributed by atoms with van der Waals surface area (Å²) in [6.45, 7) is 6.14. The number of rotatable bonds is 2. The van der Waals surface area contributed by atoms with E-state index >= 15 is 0 Å². The van der Waals surface area contributed by atoms with E-state index in [4.69, 9.17) is 4.74 Å². The molecule has 0 aromatic heterocycles.